The van der Waals surface area contributed by atoms with Crippen LogP contribution >= 0.6 is 11.8 Å². The molecule has 0 N–H and O–H groups in total. The van der Waals surface area contributed by atoms with Crippen molar-refractivity contribution in [2.24, 2.45) is 5.92 Å². The molecular weight excluding hydrogens is 356 g/mol. The van der Waals surface area contributed by atoms with Crippen LogP contribution in [0, 0.1) is 12.8 Å². The Kier molecular flexibility index (Phi) is 8.21. The quantitative estimate of drug-likeness (QED) is 0.653. The van der Waals surface area contributed by atoms with Crippen molar-refractivity contribution in [2.75, 3.05) is 18.8 Å². The van der Waals surface area contributed by atoms with Crippen LogP contribution < -0.4 is 0 Å². The molecule has 0 aliphatic carbocycles. The van der Waals surface area contributed by atoms with Gasteiger partial charge in [-0.25, -0.2) is 0 Å². The van der Waals surface area contributed by atoms with E-state index < -0.39 is 0 Å². The average Bonchev–Trinajstić information content (AvgIpc) is 3.03. The number of thioether (sulfide) groups is 1. The highest BCUT2D eigenvalue weighted by atomic mass is 32.2. The summed E-state index contributed by atoms with van der Waals surface area (Å²) >= 11 is 1.76. The van der Waals surface area contributed by atoms with E-state index in [0.29, 0.717) is 17.2 Å². The summed E-state index contributed by atoms with van der Waals surface area (Å²) in [6.07, 6.45) is 2.78. The van der Waals surface area contributed by atoms with Gasteiger partial charge < -0.3 is 9.80 Å². The number of rotatable bonds is 8. The minimum Gasteiger partial charge on any atom is -0.341 e. The van der Waals surface area contributed by atoms with Gasteiger partial charge in [0.15, 0.2) is 0 Å². The molecule has 2 amide bonds. The molecule has 1 aliphatic rings. The molecule has 150 valence electrons. The van der Waals surface area contributed by atoms with Gasteiger partial charge in [-0.3, -0.25) is 9.59 Å². The van der Waals surface area contributed by atoms with Crippen LogP contribution in [0.3, 0.4) is 0 Å². The zero-order valence-electron chi connectivity index (χ0n) is 17.4. The molecule has 2 atom stereocenters. The molecule has 0 saturated carbocycles. The van der Waals surface area contributed by atoms with Crippen LogP contribution in [-0.2, 0) is 4.79 Å². The fourth-order valence-corrected chi connectivity index (χ4v) is 5.28. The Morgan fingerprint density at radius 1 is 1.19 bits per heavy atom. The van der Waals surface area contributed by atoms with E-state index in [1.54, 1.807) is 11.8 Å². The Morgan fingerprint density at radius 2 is 1.81 bits per heavy atom. The van der Waals surface area contributed by atoms with Crippen molar-refractivity contribution in [1.82, 2.24) is 9.80 Å². The highest BCUT2D eigenvalue weighted by molar-refractivity contribution is 8.00. The second kappa shape index (κ2) is 10.2. The van der Waals surface area contributed by atoms with Crippen molar-refractivity contribution in [1.29, 1.82) is 0 Å². The predicted molar refractivity (Wildman–Crippen MR) is 114 cm³/mol. The first-order valence-electron chi connectivity index (χ1n) is 10.2. The molecule has 4 nitrogen and oxygen atoms in total. The Labute approximate surface area is 168 Å². The highest BCUT2D eigenvalue weighted by Gasteiger charge is 2.43. The lowest BCUT2D eigenvalue weighted by Gasteiger charge is -2.33. The van der Waals surface area contributed by atoms with Gasteiger partial charge in [-0.05, 0) is 43.7 Å². The van der Waals surface area contributed by atoms with E-state index in [4.69, 9.17) is 0 Å². The molecule has 0 aromatic heterocycles. The zero-order chi connectivity index (χ0) is 20.0. The van der Waals surface area contributed by atoms with E-state index in [-0.39, 0.29) is 23.2 Å². The first-order valence-corrected chi connectivity index (χ1v) is 11.2. The fourth-order valence-electron chi connectivity index (χ4n) is 3.65. The second-order valence-corrected chi connectivity index (χ2v) is 9.00. The molecule has 2 unspecified atom stereocenters. The number of amides is 2. The third kappa shape index (κ3) is 5.28. The van der Waals surface area contributed by atoms with E-state index in [1.165, 1.54) is 0 Å². The van der Waals surface area contributed by atoms with E-state index in [2.05, 4.69) is 27.7 Å². The van der Waals surface area contributed by atoms with Crippen LogP contribution in [0.15, 0.2) is 24.3 Å². The van der Waals surface area contributed by atoms with Gasteiger partial charge in [0.25, 0.3) is 5.91 Å². The Morgan fingerprint density at radius 3 is 2.37 bits per heavy atom. The predicted octanol–water partition coefficient (Wildman–Crippen LogP) is 4.57. The lowest BCUT2D eigenvalue weighted by atomic mass is 10.0. The molecule has 1 heterocycles. The number of carbonyl (C=O) groups excluding carboxylic acids is 2. The third-order valence-corrected chi connectivity index (χ3v) is 6.27. The Bertz CT molecular complexity index is 641. The summed E-state index contributed by atoms with van der Waals surface area (Å²) in [4.78, 5) is 30.6. The van der Waals surface area contributed by atoms with Crippen LogP contribution in [0.25, 0.3) is 0 Å². The zero-order valence-corrected chi connectivity index (χ0v) is 18.2. The monoisotopic (exact) mass is 390 g/mol. The number of carbonyl (C=O) groups is 2. The molecule has 1 aromatic rings. The number of benzene rings is 1. The van der Waals surface area contributed by atoms with Gasteiger partial charge in [0.1, 0.15) is 6.04 Å². The van der Waals surface area contributed by atoms with Crippen molar-refractivity contribution in [3.05, 3.63) is 35.4 Å². The van der Waals surface area contributed by atoms with Crippen molar-refractivity contribution in [3.63, 3.8) is 0 Å². The van der Waals surface area contributed by atoms with Gasteiger partial charge in [0, 0.05) is 24.4 Å². The Balaban J connectivity index is 2.33. The number of aryl methyl sites for hydroxylation is 1. The van der Waals surface area contributed by atoms with Gasteiger partial charge in [-0.1, -0.05) is 45.9 Å². The maximum atomic E-state index is 13.5. The van der Waals surface area contributed by atoms with Crippen LogP contribution in [0.4, 0.5) is 0 Å². The molecule has 1 aromatic carbocycles. The van der Waals surface area contributed by atoms with Gasteiger partial charge in [-0.2, -0.15) is 0 Å². The van der Waals surface area contributed by atoms with Crippen LogP contribution in [0.1, 0.15) is 62.9 Å². The molecule has 1 aliphatic heterocycles. The molecule has 1 fully saturated rings. The van der Waals surface area contributed by atoms with Gasteiger partial charge in [-0.15, -0.1) is 11.8 Å². The number of nitrogens with zero attached hydrogens (tertiary/aromatic N) is 2. The Hall–Kier alpha value is -1.49. The summed E-state index contributed by atoms with van der Waals surface area (Å²) in [6.45, 7) is 12.0. The topological polar surface area (TPSA) is 40.6 Å². The van der Waals surface area contributed by atoms with Crippen molar-refractivity contribution in [3.8, 4) is 0 Å². The fraction of sp³-hybridized carbons (Fsp3) is 0.636. The second-order valence-electron chi connectivity index (χ2n) is 7.79. The van der Waals surface area contributed by atoms with Gasteiger partial charge in [0.05, 0.1) is 5.37 Å². The van der Waals surface area contributed by atoms with Crippen molar-refractivity contribution < 1.29 is 9.59 Å². The number of hydrogen-bond acceptors (Lipinski definition) is 3. The molecule has 0 spiro atoms. The first kappa shape index (κ1) is 21.8. The van der Waals surface area contributed by atoms with Crippen molar-refractivity contribution in [2.45, 2.75) is 65.3 Å². The van der Waals surface area contributed by atoms with Gasteiger partial charge in [0.2, 0.25) is 5.91 Å². The van der Waals surface area contributed by atoms with E-state index in [0.717, 1.165) is 37.9 Å². The normalized spacial score (nSPS) is 19.6. The average molecular weight is 391 g/mol. The molecule has 2 rings (SSSR count). The smallest absolute Gasteiger partial charge is 0.255 e. The lowest BCUT2D eigenvalue weighted by molar-refractivity contribution is -0.135. The summed E-state index contributed by atoms with van der Waals surface area (Å²) in [5, 5.41) is 0.0659. The maximum absolute atomic E-state index is 13.5. The van der Waals surface area contributed by atoms with Gasteiger partial charge >= 0.3 is 0 Å². The van der Waals surface area contributed by atoms with Crippen molar-refractivity contribution >= 4 is 23.6 Å². The largest absolute Gasteiger partial charge is 0.341 e. The van der Waals surface area contributed by atoms with E-state index >= 15 is 0 Å². The minimum absolute atomic E-state index is 0.00459. The van der Waals surface area contributed by atoms with Crippen LogP contribution in [0.5, 0.6) is 0 Å². The SMILES string of the molecule is CCCN(CCC)C(=O)C1CSC(CC(C)C)N1C(=O)c1ccccc1C. The summed E-state index contributed by atoms with van der Waals surface area (Å²) in [5.74, 6) is 1.28. The highest BCUT2D eigenvalue weighted by Crippen LogP contribution is 2.35. The lowest BCUT2D eigenvalue weighted by Crippen LogP contribution is -2.51. The maximum Gasteiger partial charge on any atom is 0.255 e. The number of hydrogen-bond donors (Lipinski definition) is 0. The molecule has 0 bridgehead atoms. The molecule has 5 heteroatoms. The van der Waals surface area contributed by atoms with E-state index in [9.17, 15) is 9.59 Å². The first-order chi connectivity index (χ1) is 12.9. The third-order valence-electron chi connectivity index (χ3n) is 4.96. The summed E-state index contributed by atoms with van der Waals surface area (Å²) in [5.41, 5.74) is 1.68. The minimum atomic E-state index is -0.357. The molecular formula is C22H34N2O2S. The van der Waals surface area contributed by atoms with E-state index in [1.807, 2.05) is 41.0 Å². The summed E-state index contributed by atoms with van der Waals surface area (Å²) in [6, 6.07) is 7.33. The standard InChI is InChI=1S/C22H34N2O2S/c1-6-12-23(13-7-2)22(26)19-15-27-20(14-16(3)4)24(19)21(25)18-11-9-8-10-17(18)5/h8-11,16,19-20H,6-7,12-15H2,1-5H3. The summed E-state index contributed by atoms with van der Waals surface area (Å²) in [7, 11) is 0. The van der Waals surface area contributed by atoms with Crippen LogP contribution in [0.2, 0.25) is 0 Å². The molecule has 1 saturated heterocycles. The molecule has 0 radical (unpaired) electrons. The summed E-state index contributed by atoms with van der Waals surface area (Å²) < 4.78 is 0. The van der Waals surface area contributed by atoms with Crippen LogP contribution in [-0.4, -0.2) is 51.9 Å². The molecule has 27 heavy (non-hydrogen) atoms.